The van der Waals surface area contributed by atoms with Crippen LogP contribution >= 0.6 is 0 Å². The van der Waals surface area contributed by atoms with Gasteiger partial charge in [-0.3, -0.25) is 9.89 Å². The van der Waals surface area contributed by atoms with Gasteiger partial charge in [0.2, 0.25) is 0 Å². The molecule has 1 fully saturated rings. The molecule has 1 amide bonds. The van der Waals surface area contributed by atoms with Gasteiger partial charge in [-0.25, -0.2) is 0 Å². The molecule has 0 bridgehead atoms. The fourth-order valence-corrected chi connectivity index (χ4v) is 4.80. The number of amides is 1. The lowest BCUT2D eigenvalue weighted by atomic mass is 9.90. The van der Waals surface area contributed by atoms with Crippen molar-refractivity contribution in [1.82, 2.24) is 25.8 Å². The minimum atomic E-state index is -0.00112. The summed E-state index contributed by atoms with van der Waals surface area (Å²) in [7, 11) is 0. The number of nitrogens with zero attached hydrogens (tertiary/aromatic N) is 1. The molecule has 6 heteroatoms. The molecule has 28 heavy (non-hydrogen) atoms. The summed E-state index contributed by atoms with van der Waals surface area (Å²) in [5, 5.41) is 15.2. The zero-order valence-electron chi connectivity index (χ0n) is 16.3. The number of carbonyl (C=O) groups is 1. The number of benzene rings is 1. The van der Waals surface area contributed by atoms with Gasteiger partial charge in [-0.05, 0) is 63.3 Å². The predicted octanol–water partition coefficient (Wildman–Crippen LogP) is 2.95. The Hall–Kier alpha value is -2.60. The topological polar surface area (TPSA) is 85.6 Å². The number of nitrogens with one attached hydrogen (secondary N) is 4. The summed E-state index contributed by atoms with van der Waals surface area (Å²) < 4.78 is 0. The predicted molar refractivity (Wildman–Crippen MR) is 110 cm³/mol. The van der Waals surface area contributed by atoms with E-state index in [0.717, 1.165) is 50.9 Å². The summed E-state index contributed by atoms with van der Waals surface area (Å²) in [5.41, 5.74) is 6.83. The van der Waals surface area contributed by atoms with E-state index in [1.807, 2.05) is 0 Å². The molecule has 0 saturated carbocycles. The molecular formula is C22H27N5O. The first kappa shape index (κ1) is 17.5. The summed E-state index contributed by atoms with van der Waals surface area (Å²) >= 11 is 0. The molecule has 1 aliphatic carbocycles. The zero-order chi connectivity index (χ0) is 19.1. The van der Waals surface area contributed by atoms with Crippen molar-refractivity contribution in [2.75, 3.05) is 13.1 Å². The molecule has 2 aromatic heterocycles. The molecular weight excluding hydrogens is 350 g/mol. The standard InChI is InChI=1S/C22H27N5O/c1-13-4-6-19-16(9-13)17-10-15(5-7-20(17)26-19)25-22(28)18-12-24-27-21(18)14-3-2-8-23-11-14/h4,6,9,12,14-15,23,26H,2-3,5,7-8,10-11H2,1H3,(H,24,27)(H,25,28). The summed E-state index contributed by atoms with van der Waals surface area (Å²) in [6, 6.07) is 6.71. The van der Waals surface area contributed by atoms with Crippen LogP contribution in [-0.2, 0) is 12.8 Å². The number of aromatic amines is 2. The van der Waals surface area contributed by atoms with Gasteiger partial charge in [-0.15, -0.1) is 0 Å². The molecule has 6 nitrogen and oxygen atoms in total. The minimum Gasteiger partial charge on any atom is -0.358 e. The highest BCUT2D eigenvalue weighted by Gasteiger charge is 2.27. The number of piperidine rings is 1. The van der Waals surface area contributed by atoms with Crippen LogP contribution in [0.2, 0.25) is 0 Å². The Morgan fingerprint density at radius 2 is 2.21 bits per heavy atom. The zero-order valence-corrected chi connectivity index (χ0v) is 16.3. The molecule has 3 heterocycles. The maximum atomic E-state index is 13.0. The first-order valence-electron chi connectivity index (χ1n) is 10.3. The van der Waals surface area contributed by atoms with Crippen LogP contribution in [-0.4, -0.2) is 40.2 Å². The Labute approximate surface area is 164 Å². The molecule has 1 aromatic carbocycles. The number of hydrogen-bond acceptors (Lipinski definition) is 3. The van der Waals surface area contributed by atoms with E-state index in [2.05, 4.69) is 50.9 Å². The van der Waals surface area contributed by atoms with Crippen molar-refractivity contribution in [1.29, 1.82) is 0 Å². The van der Waals surface area contributed by atoms with Gasteiger partial charge in [0.05, 0.1) is 17.5 Å². The Morgan fingerprint density at radius 3 is 3.07 bits per heavy atom. The number of rotatable bonds is 3. The first-order valence-corrected chi connectivity index (χ1v) is 10.3. The molecule has 3 aromatic rings. The normalized spacial score (nSPS) is 22.2. The average Bonchev–Trinajstić information content (AvgIpc) is 3.33. The Kier molecular flexibility index (Phi) is 4.43. The first-order chi connectivity index (χ1) is 13.7. The number of fused-ring (bicyclic) bond motifs is 3. The summed E-state index contributed by atoms with van der Waals surface area (Å²) in [5.74, 6) is 0.338. The third kappa shape index (κ3) is 3.11. The van der Waals surface area contributed by atoms with Gasteiger partial charge in [0.1, 0.15) is 0 Å². The third-order valence-corrected chi connectivity index (χ3v) is 6.30. The molecule has 5 rings (SSSR count). The van der Waals surface area contributed by atoms with Crippen LogP contribution in [0.25, 0.3) is 10.9 Å². The quantitative estimate of drug-likeness (QED) is 0.566. The molecule has 2 atom stereocenters. The fourth-order valence-electron chi connectivity index (χ4n) is 4.80. The van der Waals surface area contributed by atoms with Crippen LogP contribution in [0, 0.1) is 6.92 Å². The SMILES string of the molecule is Cc1ccc2[nH]c3c(c2c1)CC(NC(=O)c1cn[nH]c1C1CCCNC1)CC3. The number of aromatic nitrogens is 3. The van der Waals surface area contributed by atoms with Gasteiger partial charge < -0.3 is 15.6 Å². The third-order valence-electron chi connectivity index (χ3n) is 6.30. The van der Waals surface area contributed by atoms with Crippen LogP contribution < -0.4 is 10.6 Å². The van der Waals surface area contributed by atoms with Crippen LogP contribution in [0.4, 0.5) is 0 Å². The van der Waals surface area contributed by atoms with Gasteiger partial charge in [0, 0.05) is 35.1 Å². The van der Waals surface area contributed by atoms with E-state index in [1.165, 1.54) is 27.7 Å². The summed E-state index contributed by atoms with van der Waals surface area (Å²) in [6.07, 6.45) is 6.72. The monoisotopic (exact) mass is 377 g/mol. The van der Waals surface area contributed by atoms with Crippen LogP contribution in [0.15, 0.2) is 24.4 Å². The van der Waals surface area contributed by atoms with Crippen molar-refractivity contribution in [2.24, 2.45) is 0 Å². The maximum Gasteiger partial charge on any atom is 0.254 e. The van der Waals surface area contributed by atoms with Crippen molar-refractivity contribution in [3.8, 4) is 0 Å². The Bertz CT molecular complexity index is 1010. The highest BCUT2D eigenvalue weighted by molar-refractivity contribution is 5.95. The molecule has 146 valence electrons. The van der Waals surface area contributed by atoms with E-state index in [0.29, 0.717) is 11.5 Å². The van der Waals surface area contributed by atoms with E-state index in [-0.39, 0.29) is 11.9 Å². The average molecular weight is 377 g/mol. The second-order valence-electron chi connectivity index (χ2n) is 8.28. The maximum absolute atomic E-state index is 13.0. The molecule has 1 saturated heterocycles. The van der Waals surface area contributed by atoms with Gasteiger partial charge >= 0.3 is 0 Å². The molecule has 0 radical (unpaired) electrons. The van der Waals surface area contributed by atoms with Crippen molar-refractivity contribution in [3.05, 3.63) is 52.5 Å². The van der Waals surface area contributed by atoms with Crippen LogP contribution in [0.3, 0.4) is 0 Å². The number of H-pyrrole nitrogens is 2. The molecule has 0 spiro atoms. The van der Waals surface area contributed by atoms with Crippen LogP contribution in [0.1, 0.15) is 58.1 Å². The van der Waals surface area contributed by atoms with Gasteiger partial charge in [-0.2, -0.15) is 5.10 Å². The van der Waals surface area contributed by atoms with E-state index in [9.17, 15) is 4.79 Å². The van der Waals surface area contributed by atoms with E-state index < -0.39 is 0 Å². The van der Waals surface area contributed by atoms with Gasteiger partial charge in [0.25, 0.3) is 5.91 Å². The minimum absolute atomic E-state index is 0.00112. The summed E-state index contributed by atoms with van der Waals surface area (Å²) in [4.78, 5) is 16.6. The van der Waals surface area contributed by atoms with E-state index in [1.54, 1.807) is 6.20 Å². The lowest BCUT2D eigenvalue weighted by Gasteiger charge is -2.25. The van der Waals surface area contributed by atoms with Crippen molar-refractivity contribution >= 4 is 16.8 Å². The van der Waals surface area contributed by atoms with Crippen molar-refractivity contribution < 1.29 is 4.79 Å². The fraction of sp³-hybridized carbons (Fsp3) is 0.455. The second kappa shape index (κ2) is 7.09. The summed E-state index contributed by atoms with van der Waals surface area (Å²) in [6.45, 7) is 4.09. The lowest BCUT2D eigenvalue weighted by Crippen LogP contribution is -2.39. The van der Waals surface area contributed by atoms with Crippen molar-refractivity contribution in [2.45, 2.75) is 51.0 Å². The smallest absolute Gasteiger partial charge is 0.254 e. The number of carbonyl (C=O) groups excluding carboxylic acids is 1. The number of aryl methyl sites for hydroxylation is 2. The molecule has 4 N–H and O–H groups in total. The number of hydrogen-bond donors (Lipinski definition) is 4. The Morgan fingerprint density at radius 1 is 1.29 bits per heavy atom. The highest BCUT2D eigenvalue weighted by Crippen LogP contribution is 2.30. The Balaban J connectivity index is 1.34. The molecule has 2 aliphatic rings. The second-order valence-corrected chi connectivity index (χ2v) is 8.28. The molecule has 1 aliphatic heterocycles. The van der Waals surface area contributed by atoms with Crippen LogP contribution in [0.5, 0.6) is 0 Å². The lowest BCUT2D eigenvalue weighted by molar-refractivity contribution is 0.0932. The van der Waals surface area contributed by atoms with Crippen molar-refractivity contribution in [3.63, 3.8) is 0 Å². The van der Waals surface area contributed by atoms with Gasteiger partial charge in [0.15, 0.2) is 0 Å². The van der Waals surface area contributed by atoms with E-state index in [4.69, 9.17) is 0 Å². The van der Waals surface area contributed by atoms with E-state index >= 15 is 0 Å². The highest BCUT2D eigenvalue weighted by atomic mass is 16.1. The largest absolute Gasteiger partial charge is 0.358 e. The van der Waals surface area contributed by atoms with Gasteiger partial charge in [-0.1, -0.05) is 11.6 Å². The molecule has 2 unspecified atom stereocenters.